The van der Waals surface area contributed by atoms with Crippen LogP contribution in [0.15, 0.2) is 24.3 Å². The van der Waals surface area contributed by atoms with E-state index in [9.17, 15) is 0 Å². The van der Waals surface area contributed by atoms with Crippen molar-refractivity contribution in [3.05, 3.63) is 29.8 Å². The highest BCUT2D eigenvalue weighted by Gasteiger charge is 2.13. The van der Waals surface area contributed by atoms with E-state index in [4.69, 9.17) is 0 Å². The molecule has 104 valence electrons. The van der Waals surface area contributed by atoms with E-state index in [0.29, 0.717) is 0 Å². The second-order valence-electron chi connectivity index (χ2n) is 5.63. The second kappa shape index (κ2) is 6.67. The van der Waals surface area contributed by atoms with Gasteiger partial charge in [-0.1, -0.05) is 12.1 Å². The molecule has 3 heteroatoms. The topological polar surface area (TPSA) is 15.3 Å². The van der Waals surface area contributed by atoms with Crippen molar-refractivity contribution >= 4 is 17.4 Å². The summed E-state index contributed by atoms with van der Waals surface area (Å²) < 4.78 is 0. The highest BCUT2D eigenvalue weighted by atomic mass is 32.2. The Hall–Kier alpha value is -0.670. The van der Waals surface area contributed by atoms with Crippen LogP contribution >= 0.6 is 11.8 Å². The maximum atomic E-state index is 3.70. The minimum absolute atomic E-state index is 0.736. The number of thioether (sulfide) groups is 1. The third kappa shape index (κ3) is 3.67. The zero-order valence-electron chi connectivity index (χ0n) is 11.6. The van der Waals surface area contributed by atoms with Gasteiger partial charge in [0.2, 0.25) is 0 Å². The molecule has 1 aromatic carbocycles. The van der Waals surface area contributed by atoms with Crippen molar-refractivity contribution in [3.63, 3.8) is 0 Å². The van der Waals surface area contributed by atoms with Crippen LogP contribution in [-0.2, 0) is 6.54 Å². The summed E-state index contributed by atoms with van der Waals surface area (Å²) in [5, 5.41) is 3.70. The summed E-state index contributed by atoms with van der Waals surface area (Å²) in [5.41, 5.74) is 2.82. The lowest BCUT2D eigenvalue weighted by atomic mass is 10.1. The maximum absolute atomic E-state index is 3.70. The van der Waals surface area contributed by atoms with Gasteiger partial charge in [0.25, 0.3) is 0 Å². The molecule has 0 saturated carbocycles. The highest BCUT2D eigenvalue weighted by molar-refractivity contribution is 7.99. The molecule has 0 unspecified atom stereocenters. The van der Waals surface area contributed by atoms with E-state index in [2.05, 4.69) is 46.2 Å². The van der Waals surface area contributed by atoms with Gasteiger partial charge in [-0.2, -0.15) is 11.8 Å². The molecular weight excluding hydrogens is 252 g/mol. The third-order valence-electron chi connectivity index (χ3n) is 4.22. The Morgan fingerprint density at radius 2 is 1.74 bits per heavy atom. The fraction of sp³-hybridized carbons (Fsp3) is 0.625. The van der Waals surface area contributed by atoms with E-state index in [-0.39, 0.29) is 0 Å². The highest BCUT2D eigenvalue weighted by Crippen LogP contribution is 2.21. The predicted octanol–water partition coefficient (Wildman–Crippen LogP) is 3.27. The quantitative estimate of drug-likeness (QED) is 0.908. The van der Waals surface area contributed by atoms with Crippen molar-refractivity contribution in [2.45, 2.75) is 38.3 Å². The predicted molar refractivity (Wildman–Crippen MR) is 85.1 cm³/mol. The van der Waals surface area contributed by atoms with Crippen LogP contribution in [0, 0.1) is 0 Å². The summed E-state index contributed by atoms with van der Waals surface area (Å²) in [4.78, 5) is 2.50. The second-order valence-corrected chi connectivity index (χ2v) is 6.85. The molecule has 3 rings (SSSR count). The fourth-order valence-electron chi connectivity index (χ4n) is 2.96. The van der Waals surface area contributed by atoms with Crippen LogP contribution in [0.3, 0.4) is 0 Å². The van der Waals surface area contributed by atoms with Crippen molar-refractivity contribution in [3.8, 4) is 0 Å². The van der Waals surface area contributed by atoms with Crippen LogP contribution in [0.2, 0.25) is 0 Å². The zero-order valence-corrected chi connectivity index (χ0v) is 12.4. The summed E-state index contributed by atoms with van der Waals surface area (Å²) in [6.45, 7) is 3.49. The molecule has 1 N–H and O–H groups in total. The van der Waals surface area contributed by atoms with Crippen LogP contribution in [0.4, 0.5) is 5.69 Å². The van der Waals surface area contributed by atoms with E-state index in [1.807, 2.05) is 0 Å². The summed E-state index contributed by atoms with van der Waals surface area (Å²) >= 11 is 2.09. The Balaban J connectivity index is 1.50. The zero-order chi connectivity index (χ0) is 12.9. The summed E-state index contributed by atoms with van der Waals surface area (Å²) in [5.74, 6) is 2.65. The summed E-state index contributed by atoms with van der Waals surface area (Å²) in [6.07, 6.45) is 5.36. The molecule has 1 aromatic rings. The van der Waals surface area contributed by atoms with Gasteiger partial charge >= 0.3 is 0 Å². The number of nitrogens with zero attached hydrogens (tertiary/aromatic N) is 1. The molecule has 2 saturated heterocycles. The molecule has 2 aliphatic heterocycles. The molecule has 2 fully saturated rings. The van der Waals surface area contributed by atoms with Gasteiger partial charge in [0.05, 0.1) is 0 Å². The standard InChI is InChI=1S/C16H24N2S/c1-2-10-18(9-1)16-5-3-14(4-6-16)13-17-15-7-11-19-12-8-15/h3-6,15,17H,1-2,7-13H2. The molecular formula is C16H24N2S. The fourth-order valence-corrected chi connectivity index (χ4v) is 4.07. The van der Waals surface area contributed by atoms with Crippen molar-refractivity contribution in [2.24, 2.45) is 0 Å². The molecule has 0 radical (unpaired) electrons. The van der Waals surface area contributed by atoms with Crippen molar-refractivity contribution in [2.75, 3.05) is 29.5 Å². The molecule has 0 atom stereocenters. The van der Waals surface area contributed by atoms with Gasteiger partial charge in [0.1, 0.15) is 0 Å². The molecule has 19 heavy (non-hydrogen) atoms. The number of hydrogen-bond donors (Lipinski definition) is 1. The Bertz CT molecular complexity index is 378. The van der Waals surface area contributed by atoms with Crippen LogP contribution < -0.4 is 10.2 Å². The number of benzene rings is 1. The normalized spacial score (nSPS) is 20.9. The van der Waals surface area contributed by atoms with Crippen molar-refractivity contribution in [1.82, 2.24) is 5.32 Å². The lowest BCUT2D eigenvalue weighted by Crippen LogP contribution is -2.32. The molecule has 0 spiro atoms. The first-order valence-corrected chi connectivity index (χ1v) is 8.72. The van der Waals surface area contributed by atoms with E-state index in [0.717, 1.165) is 12.6 Å². The minimum Gasteiger partial charge on any atom is -0.372 e. The minimum atomic E-state index is 0.736. The number of anilines is 1. The van der Waals surface area contributed by atoms with Gasteiger partial charge in [-0.05, 0) is 54.9 Å². The van der Waals surface area contributed by atoms with E-state index < -0.39 is 0 Å². The van der Waals surface area contributed by atoms with Crippen LogP contribution in [0.1, 0.15) is 31.2 Å². The maximum Gasteiger partial charge on any atom is 0.0366 e. The first-order chi connectivity index (χ1) is 9.42. The molecule has 0 bridgehead atoms. The van der Waals surface area contributed by atoms with Gasteiger partial charge in [0, 0.05) is 31.4 Å². The molecule has 2 nitrogen and oxygen atoms in total. The molecule has 0 aliphatic carbocycles. The first-order valence-electron chi connectivity index (χ1n) is 7.57. The number of hydrogen-bond acceptors (Lipinski definition) is 3. The van der Waals surface area contributed by atoms with Gasteiger partial charge < -0.3 is 10.2 Å². The van der Waals surface area contributed by atoms with E-state index >= 15 is 0 Å². The van der Waals surface area contributed by atoms with Crippen LogP contribution in [0.25, 0.3) is 0 Å². The monoisotopic (exact) mass is 276 g/mol. The Morgan fingerprint density at radius 3 is 2.42 bits per heavy atom. The van der Waals surface area contributed by atoms with E-state index in [1.165, 1.54) is 61.5 Å². The Morgan fingerprint density at radius 1 is 1.05 bits per heavy atom. The third-order valence-corrected chi connectivity index (χ3v) is 5.27. The summed E-state index contributed by atoms with van der Waals surface area (Å²) in [7, 11) is 0. The summed E-state index contributed by atoms with van der Waals surface area (Å²) in [6, 6.07) is 9.90. The molecule has 0 amide bonds. The van der Waals surface area contributed by atoms with E-state index in [1.54, 1.807) is 0 Å². The van der Waals surface area contributed by atoms with Crippen LogP contribution in [-0.4, -0.2) is 30.6 Å². The molecule has 2 heterocycles. The van der Waals surface area contributed by atoms with Gasteiger partial charge in [0.15, 0.2) is 0 Å². The van der Waals surface area contributed by atoms with Crippen molar-refractivity contribution < 1.29 is 0 Å². The average molecular weight is 276 g/mol. The van der Waals surface area contributed by atoms with Crippen LogP contribution in [0.5, 0.6) is 0 Å². The number of rotatable bonds is 4. The Kier molecular flexibility index (Phi) is 4.67. The van der Waals surface area contributed by atoms with Gasteiger partial charge in [-0.25, -0.2) is 0 Å². The largest absolute Gasteiger partial charge is 0.372 e. The SMILES string of the molecule is c1cc(N2CCCC2)ccc1CNC1CCSCC1. The van der Waals surface area contributed by atoms with Gasteiger partial charge in [-0.3, -0.25) is 0 Å². The van der Waals surface area contributed by atoms with Crippen molar-refractivity contribution in [1.29, 1.82) is 0 Å². The number of nitrogens with one attached hydrogen (secondary N) is 1. The molecule has 2 aliphatic rings. The molecule has 0 aromatic heterocycles. The average Bonchev–Trinajstić information content (AvgIpc) is 3.01. The lowest BCUT2D eigenvalue weighted by Gasteiger charge is -2.23. The Labute approximate surface area is 121 Å². The van der Waals surface area contributed by atoms with Gasteiger partial charge in [-0.15, -0.1) is 0 Å². The lowest BCUT2D eigenvalue weighted by molar-refractivity contribution is 0.482. The first kappa shape index (κ1) is 13.3. The smallest absolute Gasteiger partial charge is 0.0366 e.